The minimum Gasteiger partial charge on any atom is -0.389 e. The second-order valence-electron chi connectivity index (χ2n) is 11.4. The van der Waals surface area contributed by atoms with E-state index >= 15 is 0 Å². The fourth-order valence-corrected chi connectivity index (χ4v) is 4.28. The highest BCUT2D eigenvalue weighted by molar-refractivity contribution is 4.67. The molecule has 2 atom stereocenters. The van der Waals surface area contributed by atoms with Crippen molar-refractivity contribution in [3.63, 3.8) is 0 Å². The van der Waals surface area contributed by atoms with Gasteiger partial charge in [0.05, 0.1) is 25.4 Å². The first-order valence-electron chi connectivity index (χ1n) is 14.7. The molecule has 38 heavy (non-hydrogen) atoms. The van der Waals surface area contributed by atoms with E-state index in [1.165, 1.54) is 0 Å². The molecule has 0 aliphatic rings. The predicted molar refractivity (Wildman–Crippen MR) is 159 cm³/mol. The largest absolute Gasteiger partial charge is 0.389 e. The first-order valence-corrected chi connectivity index (χ1v) is 14.7. The number of nitrogens with zero attached hydrogens (tertiary/aromatic N) is 5. The Morgan fingerprint density at radius 2 is 0.868 bits per heavy atom. The minimum absolute atomic E-state index is 0.351. The van der Waals surface area contributed by atoms with Crippen LogP contribution >= 0.6 is 0 Å². The van der Waals surface area contributed by atoms with Gasteiger partial charge in [-0.05, 0) is 133 Å². The molecule has 4 N–H and O–H groups in total. The average molecular weight is 549 g/mol. The Bertz CT molecular complexity index is 488. The van der Waals surface area contributed by atoms with E-state index in [2.05, 4.69) is 66.8 Å². The summed E-state index contributed by atoms with van der Waals surface area (Å²) >= 11 is 0. The summed E-state index contributed by atoms with van der Waals surface area (Å²) in [4.78, 5) is 11.2. The van der Waals surface area contributed by atoms with Gasteiger partial charge in [-0.15, -0.1) is 0 Å². The molecule has 0 aliphatic heterocycles. The highest BCUT2D eigenvalue weighted by Crippen LogP contribution is 2.02. The Kier molecular flexibility index (Phi) is 25.3. The first-order chi connectivity index (χ1) is 18.1. The maximum Gasteiger partial charge on any atom is 0.0900 e. The fraction of sp³-hybridized carbons (Fsp3) is 1.00. The molecule has 0 aromatic carbocycles. The van der Waals surface area contributed by atoms with Gasteiger partial charge in [0.1, 0.15) is 0 Å². The molecule has 0 aromatic heterocycles. The van der Waals surface area contributed by atoms with Gasteiger partial charge < -0.3 is 49.9 Å². The summed E-state index contributed by atoms with van der Waals surface area (Å²) in [6.07, 6.45) is 5.01. The topological polar surface area (TPSA) is 101 Å². The van der Waals surface area contributed by atoms with E-state index in [0.717, 1.165) is 84.3 Å². The Hall–Kier alpha value is -0.400. The minimum atomic E-state index is -0.489. The van der Waals surface area contributed by atoms with Crippen LogP contribution in [-0.4, -0.2) is 181 Å². The molecule has 0 aromatic rings. The second-order valence-corrected chi connectivity index (χ2v) is 11.4. The normalized spacial score (nSPS) is 14.1. The molecule has 230 valence electrons. The maximum absolute atomic E-state index is 10.5. The van der Waals surface area contributed by atoms with Gasteiger partial charge in [-0.25, -0.2) is 0 Å². The van der Waals surface area contributed by atoms with Crippen LogP contribution in [-0.2, 0) is 9.47 Å². The smallest absolute Gasteiger partial charge is 0.0900 e. The van der Waals surface area contributed by atoms with E-state index in [1.54, 1.807) is 0 Å². The number of aliphatic hydroxyl groups is 2. The van der Waals surface area contributed by atoms with Gasteiger partial charge in [-0.2, -0.15) is 0 Å². The highest BCUT2D eigenvalue weighted by Gasteiger charge is 2.13. The molecule has 0 bridgehead atoms. The molecule has 10 nitrogen and oxygen atoms in total. The van der Waals surface area contributed by atoms with Crippen molar-refractivity contribution in [1.82, 2.24) is 24.5 Å². The molecular weight excluding hydrogens is 484 g/mol. The third kappa shape index (κ3) is 25.9. The highest BCUT2D eigenvalue weighted by atomic mass is 16.5. The summed E-state index contributed by atoms with van der Waals surface area (Å²) in [6.45, 7) is 10.9. The third-order valence-corrected chi connectivity index (χ3v) is 6.30. The maximum atomic E-state index is 10.5. The lowest BCUT2D eigenvalue weighted by Gasteiger charge is -2.26. The molecule has 0 amide bonds. The van der Waals surface area contributed by atoms with E-state index in [0.29, 0.717) is 46.1 Å². The van der Waals surface area contributed by atoms with Crippen LogP contribution in [0, 0.1) is 0 Å². The number of nitrogens with two attached hydrogens (primary N) is 1. The summed E-state index contributed by atoms with van der Waals surface area (Å²) < 4.78 is 11.4. The molecule has 0 radical (unpaired) electrons. The van der Waals surface area contributed by atoms with Crippen LogP contribution in [0.1, 0.15) is 38.5 Å². The molecule has 0 saturated heterocycles. The SMILES string of the molecule is CN(C)CCCN(CCCN)CC(O)COCCCCOCC(O)CN(CCCN(C)C)CCCN(C)C. The number of hydrogen-bond acceptors (Lipinski definition) is 10. The van der Waals surface area contributed by atoms with Crippen molar-refractivity contribution < 1.29 is 19.7 Å². The molecule has 0 aliphatic carbocycles. The Morgan fingerprint density at radius 1 is 0.526 bits per heavy atom. The lowest BCUT2D eigenvalue weighted by atomic mass is 10.2. The number of unbranched alkanes of at least 4 members (excludes halogenated alkanes) is 1. The molecule has 2 unspecified atom stereocenters. The lowest BCUT2D eigenvalue weighted by molar-refractivity contribution is 0.00383. The van der Waals surface area contributed by atoms with E-state index in [4.69, 9.17) is 15.2 Å². The summed E-state index contributed by atoms with van der Waals surface area (Å²) in [6, 6.07) is 0. The van der Waals surface area contributed by atoms with Crippen LogP contribution in [0.15, 0.2) is 0 Å². The van der Waals surface area contributed by atoms with Gasteiger partial charge in [0.25, 0.3) is 0 Å². The van der Waals surface area contributed by atoms with Crippen molar-refractivity contribution in [2.45, 2.75) is 50.7 Å². The molecule has 10 heteroatoms. The van der Waals surface area contributed by atoms with Crippen LogP contribution in [0.3, 0.4) is 0 Å². The monoisotopic (exact) mass is 548 g/mol. The van der Waals surface area contributed by atoms with E-state index < -0.39 is 12.2 Å². The summed E-state index contributed by atoms with van der Waals surface area (Å²) in [7, 11) is 12.5. The van der Waals surface area contributed by atoms with E-state index in [1.807, 2.05) is 0 Å². The first kappa shape index (κ1) is 37.6. The molecule has 0 rings (SSSR count). The summed E-state index contributed by atoms with van der Waals surface area (Å²) in [5.41, 5.74) is 5.67. The molecule has 0 spiro atoms. The number of ether oxygens (including phenoxy) is 2. The van der Waals surface area contributed by atoms with Gasteiger partial charge in [0.15, 0.2) is 0 Å². The number of rotatable bonds is 28. The third-order valence-electron chi connectivity index (χ3n) is 6.30. The zero-order valence-electron chi connectivity index (χ0n) is 25.8. The standard InChI is InChI=1S/C28H64N6O4/c1-30(2)14-10-18-33(17-9-13-29)23-27(35)25-37-21-7-8-22-38-26-28(36)24-34(19-11-15-31(3)4)20-12-16-32(5)6/h27-28,35-36H,7-26,29H2,1-6H3. The summed E-state index contributed by atoms with van der Waals surface area (Å²) in [5.74, 6) is 0. The molecule has 0 fully saturated rings. The number of hydrogen-bond donors (Lipinski definition) is 3. The van der Waals surface area contributed by atoms with Crippen LogP contribution in [0.25, 0.3) is 0 Å². The average Bonchev–Trinajstić information content (AvgIpc) is 2.83. The fourth-order valence-electron chi connectivity index (χ4n) is 4.28. The zero-order valence-corrected chi connectivity index (χ0v) is 25.8. The lowest BCUT2D eigenvalue weighted by Crippen LogP contribution is -2.38. The molecular formula is C28H64N6O4. The molecule has 0 saturated carbocycles. The predicted octanol–water partition coefficient (Wildman–Crippen LogP) is 0.330. The van der Waals surface area contributed by atoms with Gasteiger partial charge >= 0.3 is 0 Å². The Labute approximate surface area is 235 Å². The van der Waals surface area contributed by atoms with Gasteiger partial charge in [-0.1, -0.05) is 0 Å². The van der Waals surface area contributed by atoms with Crippen LogP contribution in [0.5, 0.6) is 0 Å². The second kappa shape index (κ2) is 25.6. The van der Waals surface area contributed by atoms with E-state index in [-0.39, 0.29) is 0 Å². The van der Waals surface area contributed by atoms with Crippen LogP contribution in [0.2, 0.25) is 0 Å². The molecule has 0 heterocycles. The Balaban J connectivity index is 4.00. The zero-order chi connectivity index (χ0) is 28.6. The van der Waals surface area contributed by atoms with Crippen LogP contribution in [0.4, 0.5) is 0 Å². The van der Waals surface area contributed by atoms with Crippen molar-refractivity contribution in [2.24, 2.45) is 5.73 Å². The van der Waals surface area contributed by atoms with Crippen LogP contribution < -0.4 is 5.73 Å². The summed E-state index contributed by atoms with van der Waals surface area (Å²) in [5, 5.41) is 20.9. The van der Waals surface area contributed by atoms with Crippen molar-refractivity contribution in [2.75, 3.05) is 134 Å². The van der Waals surface area contributed by atoms with Crippen molar-refractivity contribution in [3.05, 3.63) is 0 Å². The Morgan fingerprint density at radius 3 is 1.18 bits per heavy atom. The number of aliphatic hydroxyl groups excluding tert-OH is 2. The van der Waals surface area contributed by atoms with E-state index in [9.17, 15) is 10.2 Å². The van der Waals surface area contributed by atoms with Gasteiger partial charge in [0, 0.05) is 26.3 Å². The quantitative estimate of drug-likeness (QED) is 0.119. The van der Waals surface area contributed by atoms with Crippen molar-refractivity contribution in [3.8, 4) is 0 Å². The van der Waals surface area contributed by atoms with Gasteiger partial charge in [0.2, 0.25) is 0 Å². The van der Waals surface area contributed by atoms with Crippen molar-refractivity contribution >= 4 is 0 Å². The van der Waals surface area contributed by atoms with Gasteiger partial charge in [-0.3, -0.25) is 0 Å². The van der Waals surface area contributed by atoms with Crippen molar-refractivity contribution in [1.29, 1.82) is 0 Å².